The van der Waals surface area contributed by atoms with Crippen molar-refractivity contribution < 1.29 is 9.53 Å². The van der Waals surface area contributed by atoms with Gasteiger partial charge in [0, 0.05) is 10.9 Å². The first-order valence-corrected chi connectivity index (χ1v) is 5.13. The van der Waals surface area contributed by atoms with E-state index in [9.17, 15) is 9.59 Å². The van der Waals surface area contributed by atoms with Crippen molar-refractivity contribution in [1.82, 2.24) is 4.98 Å². The fraction of sp³-hybridized carbons (Fsp3) is 0.100. The Bertz CT molecular complexity index is 663. The molecule has 0 bridgehead atoms. The molecule has 0 saturated carbocycles. The maximum absolute atomic E-state index is 11.5. The van der Waals surface area contributed by atoms with Gasteiger partial charge < -0.3 is 9.72 Å². The molecule has 2 aromatic rings. The maximum Gasteiger partial charge on any atom is 0.349 e. The highest BCUT2D eigenvalue weighted by atomic mass is 32.1. The third-order valence-corrected chi connectivity index (χ3v) is 3.23. The van der Waals surface area contributed by atoms with Crippen molar-refractivity contribution in [3.63, 3.8) is 0 Å². The van der Waals surface area contributed by atoms with Crippen molar-refractivity contribution in [3.05, 3.63) is 33.1 Å². The number of aromatic amines is 1. The lowest BCUT2D eigenvalue weighted by atomic mass is 10.2. The molecule has 16 heavy (non-hydrogen) atoms. The Balaban J connectivity index is 2.89. The molecule has 2 rings (SSSR count). The summed E-state index contributed by atoms with van der Waals surface area (Å²) in [7, 11) is 1.23. The number of nitriles is 1. The number of rotatable bonds is 1. The van der Waals surface area contributed by atoms with Crippen molar-refractivity contribution in [3.8, 4) is 6.07 Å². The van der Waals surface area contributed by atoms with E-state index in [-0.39, 0.29) is 21.4 Å². The Morgan fingerprint density at radius 3 is 3.00 bits per heavy atom. The van der Waals surface area contributed by atoms with Crippen LogP contribution in [0.1, 0.15) is 15.2 Å². The number of hydrogen-bond donors (Lipinski definition) is 1. The molecule has 0 radical (unpaired) electrons. The number of nitrogens with zero attached hydrogens (tertiary/aromatic N) is 1. The van der Waals surface area contributed by atoms with Crippen LogP contribution in [0.25, 0.3) is 10.1 Å². The van der Waals surface area contributed by atoms with Gasteiger partial charge in [0.25, 0.3) is 5.56 Å². The number of pyridine rings is 1. The lowest BCUT2D eigenvalue weighted by molar-refractivity contribution is 0.0606. The van der Waals surface area contributed by atoms with Crippen molar-refractivity contribution >= 4 is 27.4 Å². The number of thiophene rings is 1. The number of aromatic nitrogens is 1. The number of nitrogens with one attached hydrogen (secondary N) is 1. The van der Waals surface area contributed by atoms with Gasteiger partial charge in [-0.1, -0.05) is 0 Å². The number of fused-ring (bicyclic) bond motifs is 1. The number of ether oxygens (including phenoxy) is 1. The van der Waals surface area contributed by atoms with E-state index in [2.05, 4.69) is 9.72 Å². The van der Waals surface area contributed by atoms with E-state index < -0.39 is 5.97 Å². The Labute approximate surface area is 93.9 Å². The van der Waals surface area contributed by atoms with Crippen LogP contribution in [0.5, 0.6) is 0 Å². The van der Waals surface area contributed by atoms with E-state index in [4.69, 9.17) is 5.26 Å². The van der Waals surface area contributed by atoms with Crippen LogP contribution < -0.4 is 5.56 Å². The summed E-state index contributed by atoms with van der Waals surface area (Å²) in [5.41, 5.74) is -0.297. The number of methoxy groups -OCH3 is 1. The van der Waals surface area contributed by atoms with Crippen molar-refractivity contribution in [2.75, 3.05) is 7.11 Å². The fourth-order valence-electron chi connectivity index (χ4n) is 1.40. The summed E-state index contributed by atoms with van der Waals surface area (Å²) in [5, 5.41) is 9.22. The zero-order chi connectivity index (χ0) is 11.7. The van der Waals surface area contributed by atoms with Gasteiger partial charge in [-0.15, -0.1) is 11.3 Å². The highest BCUT2D eigenvalue weighted by Gasteiger charge is 2.20. The molecule has 0 unspecified atom stereocenters. The van der Waals surface area contributed by atoms with Gasteiger partial charge in [-0.3, -0.25) is 4.79 Å². The van der Waals surface area contributed by atoms with Gasteiger partial charge >= 0.3 is 5.97 Å². The number of hydrogen-bond acceptors (Lipinski definition) is 5. The van der Waals surface area contributed by atoms with E-state index in [1.807, 2.05) is 6.07 Å². The molecule has 6 heteroatoms. The van der Waals surface area contributed by atoms with Crippen LogP contribution in [0.2, 0.25) is 0 Å². The van der Waals surface area contributed by atoms with Crippen LogP contribution >= 0.6 is 11.3 Å². The first kappa shape index (κ1) is 10.4. The second-order valence-corrected chi connectivity index (χ2v) is 4.01. The van der Waals surface area contributed by atoms with Gasteiger partial charge in [0.1, 0.15) is 10.9 Å². The molecule has 2 heterocycles. The molecule has 0 aliphatic heterocycles. The van der Waals surface area contributed by atoms with E-state index in [0.29, 0.717) is 4.70 Å². The second-order valence-electron chi connectivity index (χ2n) is 2.96. The Morgan fingerprint density at radius 2 is 2.38 bits per heavy atom. The van der Waals surface area contributed by atoms with Gasteiger partial charge in [0.2, 0.25) is 0 Å². The van der Waals surface area contributed by atoms with Crippen LogP contribution in [-0.4, -0.2) is 18.1 Å². The predicted octanol–water partition coefficient (Wildman–Crippen LogP) is 1.25. The molecule has 5 nitrogen and oxygen atoms in total. The monoisotopic (exact) mass is 234 g/mol. The average Bonchev–Trinajstić information content (AvgIpc) is 2.68. The van der Waals surface area contributed by atoms with E-state index in [0.717, 1.165) is 11.3 Å². The van der Waals surface area contributed by atoms with Crippen molar-refractivity contribution in [1.29, 1.82) is 5.26 Å². The topological polar surface area (TPSA) is 83.0 Å². The molecule has 0 aliphatic rings. The van der Waals surface area contributed by atoms with Crippen molar-refractivity contribution in [2.45, 2.75) is 0 Å². The third kappa shape index (κ3) is 1.38. The molecule has 0 aromatic carbocycles. The molecule has 1 N–H and O–H groups in total. The molecule has 0 atom stereocenters. The molecule has 0 saturated heterocycles. The number of esters is 1. The largest absolute Gasteiger partial charge is 0.465 e. The molecule has 80 valence electrons. The summed E-state index contributed by atoms with van der Waals surface area (Å²) in [6.45, 7) is 0. The Hall–Kier alpha value is -2.13. The molecule has 2 aromatic heterocycles. The summed E-state index contributed by atoms with van der Waals surface area (Å²) in [6.07, 6.45) is 1.48. The molecular weight excluding hydrogens is 228 g/mol. The number of H-pyrrole nitrogens is 1. The molecule has 0 fully saturated rings. The smallest absolute Gasteiger partial charge is 0.349 e. The highest BCUT2D eigenvalue weighted by molar-refractivity contribution is 7.21. The molecule has 0 amide bonds. The predicted molar refractivity (Wildman–Crippen MR) is 58.5 cm³/mol. The van der Waals surface area contributed by atoms with Crippen molar-refractivity contribution in [2.24, 2.45) is 0 Å². The van der Waals surface area contributed by atoms with Gasteiger partial charge in [0.05, 0.1) is 18.1 Å². The first-order chi connectivity index (χ1) is 7.69. The maximum atomic E-state index is 11.5. The normalized spacial score (nSPS) is 10.0. The van der Waals surface area contributed by atoms with E-state index >= 15 is 0 Å². The average molecular weight is 234 g/mol. The Kier molecular flexibility index (Phi) is 2.46. The lowest BCUT2D eigenvalue weighted by Crippen LogP contribution is -2.06. The SMILES string of the molecule is COC(=O)c1sc2cc[nH]c(=O)c2c1C#N. The molecule has 0 spiro atoms. The summed E-state index contributed by atoms with van der Waals surface area (Å²) >= 11 is 1.08. The highest BCUT2D eigenvalue weighted by Crippen LogP contribution is 2.28. The quantitative estimate of drug-likeness (QED) is 0.752. The minimum atomic E-state index is -0.600. The van der Waals surface area contributed by atoms with Crippen LogP contribution in [0.4, 0.5) is 0 Å². The molecular formula is C10H6N2O3S. The van der Waals surface area contributed by atoms with Gasteiger partial charge in [-0.25, -0.2) is 4.79 Å². The van der Waals surface area contributed by atoms with E-state index in [1.54, 1.807) is 6.07 Å². The molecule has 0 aliphatic carbocycles. The number of carbonyl (C=O) groups excluding carboxylic acids is 1. The fourth-order valence-corrected chi connectivity index (χ4v) is 2.47. The van der Waals surface area contributed by atoms with Gasteiger partial charge in [-0.2, -0.15) is 5.26 Å². The first-order valence-electron chi connectivity index (χ1n) is 4.31. The van der Waals surface area contributed by atoms with Crippen LogP contribution in [-0.2, 0) is 4.74 Å². The van der Waals surface area contributed by atoms with Crippen LogP contribution in [0.3, 0.4) is 0 Å². The zero-order valence-electron chi connectivity index (χ0n) is 8.23. The standard InChI is InChI=1S/C10H6N2O3S/c1-15-10(14)8-5(4-11)7-6(16-8)2-3-12-9(7)13/h2-3H,1H3,(H,12,13). The minimum Gasteiger partial charge on any atom is -0.465 e. The van der Waals surface area contributed by atoms with Gasteiger partial charge in [0.15, 0.2) is 0 Å². The zero-order valence-corrected chi connectivity index (χ0v) is 9.05. The number of carbonyl (C=O) groups is 1. The Morgan fingerprint density at radius 1 is 1.62 bits per heavy atom. The van der Waals surface area contributed by atoms with Crippen LogP contribution in [0, 0.1) is 11.3 Å². The lowest BCUT2D eigenvalue weighted by Gasteiger charge is -1.93. The van der Waals surface area contributed by atoms with Gasteiger partial charge in [-0.05, 0) is 6.07 Å². The summed E-state index contributed by atoms with van der Waals surface area (Å²) in [4.78, 5) is 25.6. The van der Waals surface area contributed by atoms with E-state index in [1.165, 1.54) is 13.3 Å². The second kappa shape index (κ2) is 3.79. The van der Waals surface area contributed by atoms with Crippen LogP contribution in [0.15, 0.2) is 17.1 Å². The summed E-state index contributed by atoms with van der Waals surface area (Å²) in [5.74, 6) is -0.600. The third-order valence-electron chi connectivity index (χ3n) is 2.09. The summed E-state index contributed by atoms with van der Waals surface area (Å²) < 4.78 is 5.15. The summed E-state index contributed by atoms with van der Waals surface area (Å²) in [6, 6.07) is 3.51. The minimum absolute atomic E-state index is 0.0775.